The number of halogens is 4. The van der Waals surface area contributed by atoms with Gasteiger partial charge in [-0.1, -0.05) is 6.07 Å². The van der Waals surface area contributed by atoms with Gasteiger partial charge in [-0.2, -0.15) is 13.2 Å². The van der Waals surface area contributed by atoms with Crippen molar-refractivity contribution >= 4 is 24.0 Å². The summed E-state index contributed by atoms with van der Waals surface area (Å²) in [5, 5.41) is 2.59. The normalized spacial score (nSPS) is 30.0. The maximum Gasteiger partial charge on any atom is 0.416 e. The van der Waals surface area contributed by atoms with Gasteiger partial charge in [0.25, 0.3) is 0 Å². The molecule has 2 saturated carbocycles. The van der Waals surface area contributed by atoms with Crippen LogP contribution in [0.25, 0.3) is 0 Å². The molecule has 2 bridgehead atoms. The number of carbonyl (C=O) groups is 1. The summed E-state index contributed by atoms with van der Waals surface area (Å²) >= 11 is 0. The number of nitrogens with one attached hydrogen (secondary N) is 1. The van der Waals surface area contributed by atoms with Crippen LogP contribution in [0.5, 0.6) is 0 Å². The average molecular weight is 335 g/mol. The molecule has 1 aromatic rings. The molecule has 2 aliphatic rings. The third-order valence-electron chi connectivity index (χ3n) is 4.74. The first-order valence-electron chi connectivity index (χ1n) is 7.10. The summed E-state index contributed by atoms with van der Waals surface area (Å²) in [5.41, 5.74) is 5.48. The van der Waals surface area contributed by atoms with E-state index < -0.39 is 11.7 Å². The number of alkyl halides is 3. The molecule has 0 heterocycles. The highest BCUT2D eigenvalue weighted by molar-refractivity contribution is 5.93. The molecule has 7 heteroatoms. The maximum atomic E-state index is 12.7. The minimum Gasteiger partial charge on any atom is -0.327 e. The van der Waals surface area contributed by atoms with Gasteiger partial charge in [-0.25, -0.2) is 0 Å². The number of rotatable bonds is 2. The Morgan fingerprint density at radius 1 is 1.23 bits per heavy atom. The van der Waals surface area contributed by atoms with Gasteiger partial charge in [-0.05, 0) is 49.3 Å². The van der Waals surface area contributed by atoms with Crippen molar-refractivity contribution in [2.45, 2.75) is 31.5 Å². The molecule has 2 fully saturated rings. The van der Waals surface area contributed by atoms with Crippen LogP contribution in [0.2, 0.25) is 0 Å². The largest absolute Gasteiger partial charge is 0.416 e. The number of benzene rings is 1. The zero-order valence-electron chi connectivity index (χ0n) is 11.8. The van der Waals surface area contributed by atoms with Gasteiger partial charge in [0.15, 0.2) is 0 Å². The van der Waals surface area contributed by atoms with E-state index in [4.69, 9.17) is 5.73 Å². The van der Waals surface area contributed by atoms with Crippen molar-refractivity contribution in [2.24, 2.45) is 23.5 Å². The fourth-order valence-corrected chi connectivity index (χ4v) is 3.72. The van der Waals surface area contributed by atoms with E-state index in [0.29, 0.717) is 5.92 Å². The Morgan fingerprint density at radius 3 is 2.50 bits per heavy atom. The fraction of sp³-hybridized carbons (Fsp3) is 0.533. The van der Waals surface area contributed by atoms with E-state index in [-0.39, 0.29) is 41.9 Å². The summed E-state index contributed by atoms with van der Waals surface area (Å²) in [5.74, 6) is 0.121. The third-order valence-corrected chi connectivity index (χ3v) is 4.74. The van der Waals surface area contributed by atoms with Gasteiger partial charge in [0, 0.05) is 11.7 Å². The van der Waals surface area contributed by atoms with Gasteiger partial charge in [0.1, 0.15) is 0 Å². The summed E-state index contributed by atoms with van der Waals surface area (Å²) in [6.45, 7) is 0. The quantitative estimate of drug-likeness (QED) is 0.870. The van der Waals surface area contributed by atoms with Gasteiger partial charge < -0.3 is 11.1 Å². The highest BCUT2D eigenvalue weighted by Crippen LogP contribution is 2.48. The summed E-state index contributed by atoms with van der Waals surface area (Å²) in [6, 6.07) is 4.52. The topological polar surface area (TPSA) is 55.1 Å². The average Bonchev–Trinajstić information content (AvgIpc) is 2.98. The van der Waals surface area contributed by atoms with E-state index in [0.717, 1.165) is 31.4 Å². The minimum absolute atomic E-state index is 0. The van der Waals surface area contributed by atoms with Gasteiger partial charge in [-0.15, -0.1) is 12.4 Å². The standard InChI is InChI=1S/C15H17F3N2O.ClH/c16-15(17,18)10-2-1-3-11(7-10)20-14(21)12-8-4-5-9(6-8)13(12)19;/h1-3,7-9,12-13H,4-6,19H2,(H,20,21);1H. The van der Waals surface area contributed by atoms with Crippen LogP contribution in [0, 0.1) is 17.8 Å². The van der Waals surface area contributed by atoms with Crippen LogP contribution in [0.3, 0.4) is 0 Å². The van der Waals surface area contributed by atoms with E-state index in [1.165, 1.54) is 12.1 Å². The molecule has 4 atom stereocenters. The molecule has 1 aromatic carbocycles. The summed E-state index contributed by atoms with van der Waals surface area (Å²) in [7, 11) is 0. The van der Waals surface area contributed by atoms with Crippen LogP contribution in [-0.4, -0.2) is 11.9 Å². The zero-order chi connectivity index (χ0) is 15.2. The first kappa shape index (κ1) is 17.1. The van der Waals surface area contributed by atoms with Gasteiger partial charge in [0.2, 0.25) is 5.91 Å². The maximum absolute atomic E-state index is 12.7. The Hall–Kier alpha value is -1.27. The van der Waals surface area contributed by atoms with Crippen molar-refractivity contribution in [2.75, 3.05) is 5.32 Å². The Labute approximate surface area is 132 Å². The molecule has 4 unspecified atom stereocenters. The summed E-state index contributed by atoms with van der Waals surface area (Å²) < 4.78 is 38.0. The van der Waals surface area contributed by atoms with E-state index in [9.17, 15) is 18.0 Å². The molecule has 22 heavy (non-hydrogen) atoms. The Bertz CT molecular complexity index is 562. The second-order valence-electron chi connectivity index (χ2n) is 6.00. The second-order valence-corrected chi connectivity index (χ2v) is 6.00. The van der Waals surface area contributed by atoms with Crippen molar-refractivity contribution in [3.8, 4) is 0 Å². The second kappa shape index (κ2) is 6.08. The van der Waals surface area contributed by atoms with E-state index in [2.05, 4.69) is 5.32 Å². The molecule has 0 aliphatic heterocycles. The molecular formula is C15H18ClF3N2O. The summed E-state index contributed by atoms with van der Waals surface area (Å²) in [6.07, 6.45) is -1.41. The monoisotopic (exact) mass is 334 g/mol. The number of anilines is 1. The molecule has 3 rings (SSSR count). The van der Waals surface area contributed by atoms with E-state index in [1.807, 2.05) is 0 Å². The fourth-order valence-electron chi connectivity index (χ4n) is 3.72. The van der Waals surface area contributed by atoms with Gasteiger partial charge in [0.05, 0.1) is 11.5 Å². The van der Waals surface area contributed by atoms with Crippen LogP contribution in [0.1, 0.15) is 24.8 Å². The number of hydrogen-bond donors (Lipinski definition) is 2. The molecule has 0 aromatic heterocycles. The van der Waals surface area contributed by atoms with Crippen molar-refractivity contribution in [3.63, 3.8) is 0 Å². The van der Waals surface area contributed by atoms with Crippen molar-refractivity contribution < 1.29 is 18.0 Å². The predicted octanol–water partition coefficient (Wildman–Crippen LogP) is 3.44. The number of amides is 1. The van der Waals surface area contributed by atoms with Crippen molar-refractivity contribution in [3.05, 3.63) is 29.8 Å². The van der Waals surface area contributed by atoms with E-state index >= 15 is 0 Å². The van der Waals surface area contributed by atoms with Crippen LogP contribution >= 0.6 is 12.4 Å². The molecule has 0 spiro atoms. The predicted molar refractivity (Wildman–Crippen MR) is 79.6 cm³/mol. The molecule has 1 amide bonds. The lowest BCUT2D eigenvalue weighted by Crippen LogP contribution is -2.42. The Morgan fingerprint density at radius 2 is 1.91 bits per heavy atom. The van der Waals surface area contributed by atoms with Gasteiger partial charge >= 0.3 is 6.18 Å². The first-order chi connectivity index (χ1) is 9.86. The van der Waals surface area contributed by atoms with Crippen LogP contribution < -0.4 is 11.1 Å². The molecule has 3 nitrogen and oxygen atoms in total. The van der Waals surface area contributed by atoms with Crippen LogP contribution in [-0.2, 0) is 11.0 Å². The molecule has 0 saturated heterocycles. The molecule has 0 radical (unpaired) electrons. The third kappa shape index (κ3) is 3.08. The Balaban J connectivity index is 0.00000176. The van der Waals surface area contributed by atoms with E-state index in [1.54, 1.807) is 0 Å². The lowest BCUT2D eigenvalue weighted by Gasteiger charge is -2.27. The Kier molecular flexibility index (Phi) is 4.73. The number of fused-ring (bicyclic) bond motifs is 2. The number of nitrogens with two attached hydrogens (primary N) is 1. The van der Waals surface area contributed by atoms with Crippen LogP contribution in [0.15, 0.2) is 24.3 Å². The molecule has 122 valence electrons. The van der Waals surface area contributed by atoms with Gasteiger partial charge in [-0.3, -0.25) is 4.79 Å². The minimum atomic E-state index is -4.41. The zero-order valence-corrected chi connectivity index (χ0v) is 12.6. The lowest BCUT2D eigenvalue weighted by molar-refractivity contribution is -0.137. The van der Waals surface area contributed by atoms with Crippen molar-refractivity contribution in [1.82, 2.24) is 0 Å². The van der Waals surface area contributed by atoms with Crippen molar-refractivity contribution in [1.29, 1.82) is 0 Å². The molecular weight excluding hydrogens is 317 g/mol. The SMILES string of the molecule is Cl.NC1C2CCC(C2)C1C(=O)Nc1cccc(C(F)(F)F)c1. The number of carbonyl (C=O) groups excluding carboxylic acids is 1. The summed E-state index contributed by atoms with van der Waals surface area (Å²) in [4.78, 5) is 12.3. The number of hydrogen-bond acceptors (Lipinski definition) is 2. The van der Waals surface area contributed by atoms with Crippen LogP contribution in [0.4, 0.5) is 18.9 Å². The highest BCUT2D eigenvalue weighted by atomic mass is 35.5. The smallest absolute Gasteiger partial charge is 0.327 e. The lowest BCUT2D eigenvalue weighted by atomic mass is 9.84. The molecule has 2 aliphatic carbocycles. The molecule has 3 N–H and O–H groups in total. The highest BCUT2D eigenvalue weighted by Gasteiger charge is 2.49. The first-order valence-corrected chi connectivity index (χ1v) is 7.10.